The molecular formula is C17H14N2O3. The summed E-state index contributed by atoms with van der Waals surface area (Å²) in [6, 6.07) is 12.0. The topological polar surface area (TPSA) is 85.4 Å². The SMILES string of the molecule is O=C1NC(c2c(CO)[nH]c3ccccc23)c2cc(O)ccc21. The number of phenols is 1. The number of H-pyrrole nitrogens is 1. The molecule has 1 aromatic heterocycles. The standard InChI is InChI=1S/C17H14N2O3/c20-8-14-15(11-3-1-2-4-13(11)18-14)16-12-7-9(21)5-6-10(12)17(22)19-16/h1-7,16,18,20-21H,8H2,(H,19,22). The van der Waals surface area contributed by atoms with E-state index in [0.717, 1.165) is 22.0 Å². The third-order valence-corrected chi connectivity index (χ3v) is 4.14. The van der Waals surface area contributed by atoms with Gasteiger partial charge in [-0.1, -0.05) is 18.2 Å². The van der Waals surface area contributed by atoms with Gasteiger partial charge in [-0.15, -0.1) is 0 Å². The minimum absolute atomic E-state index is 0.116. The largest absolute Gasteiger partial charge is 0.508 e. The fraction of sp³-hybridized carbons (Fsp3) is 0.118. The molecule has 5 heteroatoms. The average Bonchev–Trinajstić information content (AvgIpc) is 3.04. The first-order chi connectivity index (χ1) is 10.7. The molecule has 1 amide bonds. The number of nitrogens with one attached hydrogen (secondary N) is 2. The number of aliphatic hydroxyl groups excluding tert-OH is 1. The Labute approximate surface area is 126 Å². The number of aromatic nitrogens is 1. The van der Waals surface area contributed by atoms with Crippen molar-refractivity contribution in [2.24, 2.45) is 0 Å². The maximum Gasteiger partial charge on any atom is 0.252 e. The van der Waals surface area contributed by atoms with Crippen LogP contribution in [0.4, 0.5) is 0 Å². The summed E-state index contributed by atoms with van der Waals surface area (Å²) >= 11 is 0. The molecule has 0 spiro atoms. The third kappa shape index (κ3) is 1.72. The fourth-order valence-electron chi connectivity index (χ4n) is 3.18. The summed E-state index contributed by atoms with van der Waals surface area (Å²) in [4.78, 5) is 15.3. The van der Waals surface area contributed by atoms with Crippen molar-refractivity contribution in [3.63, 3.8) is 0 Å². The van der Waals surface area contributed by atoms with Gasteiger partial charge >= 0.3 is 0 Å². The number of carbonyl (C=O) groups excluding carboxylic acids is 1. The summed E-state index contributed by atoms with van der Waals surface area (Å²) in [5.74, 6) is -0.0557. The van der Waals surface area contributed by atoms with Gasteiger partial charge in [-0.3, -0.25) is 4.79 Å². The molecule has 110 valence electrons. The predicted molar refractivity (Wildman–Crippen MR) is 81.6 cm³/mol. The van der Waals surface area contributed by atoms with E-state index < -0.39 is 0 Å². The van der Waals surface area contributed by atoms with Gasteiger partial charge in [-0.2, -0.15) is 0 Å². The maximum absolute atomic E-state index is 12.2. The maximum atomic E-state index is 12.2. The van der Waals surface area contributed by atoms with Gasteiger partial charge in [-0.05, 0) is 29.8 Å². The summed E-state index contributed by atoms with van der Waals surface area (Å²) in [5.41, 5.74) is 3.70. The second kappa shape index (κ2) is 4.61. The van der Waals surface area contributed by atoms with Gasteiger partial charge in [0, 0.05) is 27.7 Å². The average molecular weight is 294 g/mol. The summed E-state index contributed by atoms with van der Waals surface area (Å²) in [5, 5.41) is 23.3. The van der Waals surface area contributed by atoms with Crippen LogP contribution in [0.5, 0.6) is 5.75 Å². The number of phenolic OH excluding ortho intramolecular Hbond substituents is 1. The Hall–Kier alpha value is -2.79. The zero-order valence-corrected chi connectivity index (χ0v) is 11.6. The smallest absolute Gasteiger partial charge is 0.252 e. The number of para-hydroxylation sites is 1. The van der Waals surface area contributed by atoms with Gasteiger partial charge in [-0.25, -0.2) is 0 Å². The molecule has 22 heavy (non-hydrogen) atoms. The minimum atomic E-state index is -0.382. The number of aromatic amines is 1. The van der Waals surface area contributed by atoms with Crippen LogP contribution in [-0.2, 0) is 6.61 Å². The molecule has 0 radical (unpaired) electrons. The predicted octanol–water partition coefficient (Wildman–Crippen LogP) is 2.20. The molecule has 2 aromatic carbocycles. The molecule has 4 rings (SSSR count). The molecule has 0 saturated carbocycles. The highest BCUT2D eigenvalue weighted by molar-refractivity contribution is 6.01. The summed E-state index contributed by atoms with van der Waals surface area (Å²) < 4.78 is 0. The fourth-order valence-corrected chi connectivity index (χ4v) is 3.18. The van der Waals surface area contributed by atoms with E-state index in [1.54, 1.807) is 12.1 Å². The molecule has 0 bridgehead atoms. The van der Waals surface area contributed by atoms with Crippen molar-refractivity contribution in [1.82, 2.24) is 10.3 Å². The Morgan fingerprint density at radius 3 is 2.77 bits per heavy atom. The van der Waals surface area contributed by atoms with Gasteiger partial charge in [0.1, 0.15) is 5.75 Å². The molecule has 5 nitrogen and oxygen atoms in total. The molecule has 1 unspecified atom stereocenters. The van der Waals surface area contributed by atoms with Crippen molar-refractivity contribution in [1.29, 1.82) is 0 Å². The lowest BCUT2D eigenvalue weighted by Gasteiger charge is -2.13. The van der Waals surface area contributed by atoms with Gasteiger partial charge in [0.25, 0.3) is 5.91 Å². The Kier molecular flexibility index (Phi) is 2.71. The van der Waals surface area contributed by atoms with E-state index in [1.165, 1.54) is 6.07 Å². The summed E-state index contributed by atoms with van der Waals surface area (Å²) in [6.45, 7) is -0.148. The van der Waals surface area contributed by atoms with Crippen molar-refractivity contribution in [2.75, 3.05) is 0 Å². The second-order valence-electron chi connectivity index (χ2n) is 5.40. The van der Waals surface area contributed by atoms with Crippen LogP contribution in [0, 0.1) is 0 Å². The molecule has 0 saturated heterocycles. The molecule has 1 aliphatic rings. The number of aliphatic hydroxyl groups is 1. The van der Waals surface area contributed by atoms with Crippen LogP contribution in [0.15, 0.2) is 42.5 Å². The number of amides is 1. The van der Waals surface area contributed by atoms with E-state index in [4.69, 9.17) is 0 Å². The highest BCUT2D eigenvalue weighted by Gasteiger charge is 2.33. The Morgan fingerprint density at radius 2 is 1.95 bits per heavy atom. The molecule has 2 heterocycles. The highest BCUT2D eigenvalue weighted by atomic mass is 16.3. The van der Waals surface area contributed by atoms with Crippen molar-refractivity contribution in [3.05, 3.63) is 64.8 Å². The second-order valence-corrected chi connectivity index (χ2v) is 5.40. The van der Waals surface area contributed by atoms with Crippen LogP contribution in [0.3, 0.4) is 0 Å². The van der Waals surface area contributed by atoms with Crippen molar-refractivity contribution in [3.8, 4) is 5.75 Å². The van der Waals surface area contributed by atoms with Gasteiger partial charge in [0.15, 0.2) is 0 Å². The van der Waals surface area contributed by atoms with E-state index in [2.05, 4.69) is 10.3 Å². The Balaban J connectivity index is 1.98. The first-order valence-electron chi connectivity index (χ1n) is 7.03. The van der Waals surface area contributed by atoms with Gasteiger partial charge in [0.2, 0.25) is 0 Å². The number of rotatable bonds is 2. The summed E-state index contributed by atoms with van der Waals surface area (Å²) in [7, 11) is 0. The number of aromatic hydroxyl groups is 1. The lowest BCUT2D eigenvalue weighted by Crippen LogP contribution is -2.20. The number of carbonyl (C=O) groups is 1. The summed E-state index contributed by atoms with van der Waals surface area (Å²) in [6.07, 6.45) is 0. The number of hydrogen-bond acceptors (Lipinski definition) is 3. The molecule has 1 aliphatic heterocycles. The lowest BCUT2D eigenvalue weighted by atomic mass is 9.95. The van der Waals surface area contributed by atoms with Crippen molar-refractivity contribution >= 4 is 16.8 Å². The van der Waals surface area contributed by atoms with E-state index >= 15 is 0 Å². The van der Waals surface area contributed by atoms with Gasteiger partial charge in [0.05, 0.1) is 12.6 Å². The first-order valence-corrected chi connectivity index (χ1v) is 7.03. The zero-order chi connectivity index (χ0) is 15.3. The highest BCUT2D eigenvalue weighted by Crippen LogP contribution is 2.38. The number of benzene rings is 2. The Morgan fingerprint density at radius 1 is 1.14 bits per heavy atom. The van der Waals surface area contributed by atoms with E-state index in [9.17, 15) is 15.0 Å². The number of fused-ring (bicyclic) bond motifs is 2. The molecule has 0 aliphatic carbocycles. The number of hydrogen-bond donors (Lipinski definition) is 4. The van der Waals surface area contributed by atoms with Gasteiger partial charge < -0.3 is 20.5 Å². The quantitative estimate of drug-likeness (QED) is 0.584. The molecule has 0 fully saturated rings. The third-order valence-electron chi connectivity index (χ3n) is 4.14. The molecule has 3 aromatic rings. The molecule has 4 N–H and O–H groups in total. The van der Waals surface area contributed by atoms with Crippen molar-refractivity contribution < 1.29 is 15.0 Å². The zero-order valence-electron chi connectivity index (χ0n) is 11.6. The first kappa shape index (κ1) is 12.9. The van der Waals surface area contributed by atoms with Crippen LogP contribution >= 0.6 is 0 Å². The Bertz CT molecular complexity index is 898. The van der Waals surface area contributed by atoms with E-state index in [0.29, 0.717) is 11.3 Å². The monoisotopic (exact) mass is 294 g/mol. The molecule has 1 atom stereocenters. The van der Waals surface area contributed by atoms with Crippen molar-refractivity contribution in [2.45, 2.75) is 12.6 Å². The molecular weight excluding hydrogens is 280 g/mol. The minimum Gasteiger partial charge on any atom is -0.508 e. The normalized spacial score (nSPS) is 16.8. The van der Waals surface area contributed by atoms with E-state index in [1.807, 2.05) is 24.3 Å². The van der Waals surface area contributed by atoms with Crippen LogP contribution < -0.4 is 5.32 Å². The van der Waals surface area contributed by atoms with Crippen LogP contribution in [-0.4, -0.2) is 21.1 Å². The van der Waals surface area contributed by atoms with Crippen LogP contribution in [0.25, 0.3) is 10.9 Å². The lowest BCUT2D eigenvalue weighted by molar-refractivity contribution is 0.0960. The van der Waals surface area contributed by atoms with Crippen LogP contribution in [0.1, 0.15) is 33.2 Å². The van der Waals surface area contributed by atoms with Crippen LogP contribution in [0.2, 0.25) is 0 Å². The van der Waals surface area contributed by atoms with E-state index in [-0.39, 0.29) is 24.3 Å².